The highest BCUT2D eigenvalue weighted by atomic mass is 35.5. The molecule has 26 heavy (non-hydrogen) atoms. The molecular formula is C20H25ClN4O. The Morgan fingerprint density at radius 1 is 1.31 bits per heavy atom. The molecule has 0 aliphatic carbocycles. The molecule has 1 amide bonds. The van der Waals surface area contributed by atoms with Crippen LogP contribution in [0.25, 0.3) is 0 Å². The minimum Gasteiger partial charge on any atom is -0.355 e. The zero-order valence-electron chi connectivity index (χ0n) is 14.9. The monoisotopic (exact) mass is 372 g/mol. The standard InChI is InChI=1S/C20H25ClN4O/c1-2-3-7-20(24-25-20)10-13-23-18(26)19(8-11-22-12-9-19)15-16-5-4-6-17(21)14-16/h1,4-6,14,22H,3,7-13,15H2,(H,23,26). The van der Waals surface area contributed by atoms with Gasteiger partial charge in [0.25, 0.3) is 0 Å². The Hall–Kier alpha value is -1.90. The minimum atomic E-state index is -0.389. The quantitative estimate of drug-likeness (QED) is 0.687. The molecule has 0 spiro atoms. The van der Waals surface area contributed by atoms with E-state index in [1.807, 2.05) is 24.3 Å². The molecule has 0 aromatic heterocycles. The third kappa shape index (κ3) is 4.63. The van der Waals surface area contributed by atoms with Crippen LogP contribution in [0.5, 0.6) is 0 Å². The highest BCUT2D eigenvalue weighted by Crippen LogP contribution is 2.37. The van der Waals surface area contributed by atoms with E-state index >= 15 is 0 Å². The van der Waals surface area contributed by atoms with Gasteiger partial charge in [0, 0.05) is 30.8 Å². The van der Waals surface area contributed by atoms with Crippen LogP contribution in [0.4, 0.5) is 0 Å². The lowest BCUT2D eigenvalue weighted by Crippen LogP contribution is -2.49. The zero-order valence-corrected chi connectivity index (χ0v) is 15.7. The molecule has 0 bridgehead atoms. The van der Waals surface area contributed by atoms with Gasteiger partial charge < -0.3 is 10.6 Å². The molecule has 0 saturated carbocycles. The predicted octanol–water partition coefficient (Wildman–Crippen LogP) is 3.33. The predicted molar refractivity (Wildman–Crippen MR) is 103 cm³/mol. The van der Waals surface area contributed by atoms with E-state index < -0.39 is 0 Å². The first-order valence-electron chi connectivity index (χ1n) is 9.19. The molecule has 1 fully saturated rings. The lowest BCUT2D eigenvalue weighted by molar-refractivity contribution is -0.132. The van der Waals surface area contributed by atoms with Crippen LogP contribution in [-0.2, 0) is 11.2 Å². The van der Waals surface area contributed by atoms with Crippen LogP contribution in [0.2, 0.25) is 5.02 Å². The molecule has 0 unspecified atom stereocenters. The Morgan fingerprint density at radius 2 is 2.08 bits per heavy atom. The van der Waals surface area contributed by atoms with Gasteiger partial charge in [-0.3, -0.25) is 4.79 Å². The third-order valence-electron chi connectivity index (χ3n) is 5.34. The highest BCUT2D eigenvalue weighted by molar-refractivity contribution is 6.30. The average molecular weight is 373 g/mol. The summed E-state index contributed by atoms with van der Waals surface area (Å²) in [6.45, 7) is 2.27. The molecule has 1 aromatic carbocycles. The van der Waals surface area contributed by atoms with Gasteiger partial charge in [-0.25, -0.2) is 0 Å². The van der Waals surface area contributed by atoms with E-state index in [0.29, 0.717) is 30.8 Å². The van der Waals surface area contributed by atoms with E-state index in [1.54, 1.807) is 0 Å². The van der Waals surface area contributed by atoms with Gasteiger partial charge in [0.05, 0.1) is 5.41 Å². The molecule has 5 nitrogen and oxygen atoms in total. The van der Waals surface area contributed by atoms with Crippen molar-refractivity contribution < 1.29 is 4.79 Å². The van der Waals surface area contributed by atoms with Crippen molar-refractivity contribution in [3.8, 4) is 12.3 Å². The molecule has 2 N–H and O–H groups in total. The summed E-state index contributed by atoms with van der Waals surface area (Å²) in [5.41, 5.74) is 0.361. The number of terminal acetylenes is 1. The zero-order chi connectivity index (χ0) is 18.5. The largest absolute Gasteiger partial charge is 0.355 e. The van der Waals surface area contributed by atoms with Crippen LogP contribution < -0.4 is 10.6 Å². The van der Waals surface area contributed by atoms with Crippen molar-refractivity contribution in [2.75, 3.05) is 19.6 Å². The van der Waals surface area contributed by atoms with Gasteiger partial charge in [-0.2, -0.15) is 10.2 Å². The number of halogens is 1. The molecule has 0 atom stereocenters. The SMILES string of the molecule is C#CCCC1(CCNC(=O)C2(Cc3cccc(Cl)c3)CCNCC2)N=N1. The summed E-state index contributed by atoms with van der Waals surface area (Å²) in [4.78, 5) is 13.1. The van der Waals surface area contributed by atoms with Crippen LogP contribution in [0.1, 0.15) is 37.7 Å². The van der Waals surface area contributed by atoms with Gasteiger partial charge in [0.1, 0.15) is 0 Å². The van der Waals surface area contributed by atoms with Crippen molar-refractivity contribution in [3.63, 3.8) is 0 Å². The average Bonchev–Trinajstić information content (AvgIpc) is 3.41. The number of carbonyl (C=O) groups excluding carboxylic acids is 1. The smallest absolute Gasteiger partial charge is 0.226 e. The Bertz CT molecular complexity index is 713. The molecular weight excluding hydrogens is 348 g/mol. The molecule has 6 heteroatoms. The number of hydrogen-bond donors (Lipinski definition) is 2. The van der Waals surface area contributed by atoms with Crippen LogP contribution in [0.3, 0.4) is 0 Å². The minimum absolute atomic E-state index is 0.117. The molecule has 1 saturated heterocycles. The van der Waals surface area contributed by atoms with Gasteiger partial charge in [-0.15, -0.1) is 12.3 Å². The summed E-state index contributed by atoms with van der Waals surface area (Å²) in [7, 11) is 0. The van der Waals surface area contributed by atoms with Gasteiger partial charge in [-0.1, -0.05) is 23.7 Å². The first-order valence-corrected chi connectivity index (χ1v) is 9.56. The Balaban J connectivity index is 1.60. The Morgan fingerprint density at radius 3 is 2.73 bits per heavy atom. The van der Waals surface area contributed by atoms with Gasteiger partial charge >= 0.3 is 0 Å². The highest BCUT2D eigenvalue weighted by Gasteiger charge is 2.41. The first-order chi connectivity index (χ1) is 12.6. The van der Waals surface area contributed by atoms with Crippen LogP contribution in [0.15, 0.2) is 34.5 Å². The fourth-order valence-electron chi connectivity index (χ4n) is 3.66. The maximum absolute atomic E-state index is 13.1. The van der Waals surface area contributed by atoms with E-state index in [9.17, 15) is 4.79 Å². The molecule has 2 aliphatic heterocycles. The van der Waals surface area contributed by atoms with E-state index in [1.165, 1.54) is 0 Å². The van der Waals surface area contributed by atoms with Gasteiger partial charge in [0.2, 0.25) is 5.91 Å². The lowest BCUT2D eigenvalue weighted by Gasteiger charge is -2.36. The summed E-state index contributed by atoms with van der Waals surface area (Å²) < 4.78 is 0. The van der Waals surface area contributed by atoms with Crippen molar-refractivity contribution in [2.45, 2.75) is 44.2 Å². The van der Waals surface area contributed by atoms with Crippen molar-refractivity contribution in [2.24, 2.45) is 15.6 Å². The third-order valence-corrected chi connectivity index (χ3v) is 5.57. The van der Waals surface area contributed by atoms with E-state index in [0.717, 1.165) is 37.9 Å². The fourth-order valence-corrected chi connectivity index (χ4v) is 3.87. The second-order valence-electron chi connectivity index (χ2n) is 7.23. The molecule has 138 valence electrons. The molecule has 3 rings (SSSR count). The van der Waals surface area contributed by atoms with E-state index in [-0.39, 0.29) is 17.0 Å². The van der Waals surface area contributed by atoms with Crippen molar-refractivity contribution in [1.82, 2.24) is 10.6 Å². The molecule has 2 aliphatic rings. The fraction of sp³-hybridized carbons (Fsp3) is 0.550. The number of amides is 1. The van der Waals surface area contributed by atoms with Crippen molar-refractivity contribution in [1.29, 1.82) is 0 Å². The van der Waals surface area contributed by atoms with Crippen LogP contribution >= 0.6 is 11.6 Å². The maximum Gasteiger partial charge on any atom is 0.226 e. The number of benzene rings is 1. The van der Waals surface area contributed by atoms with E-state index in [2.05, 4.69) is 26.8 Å². The van der Waals surface area contributed by atoms with Crippen molar-refractivity contribution >= 4 is 17.5 Å². The summed E-state index contributed by atoms with van der Waals surface area (Å²) in [6, 6.07) is 7.79. The second kappa shape index (κ2) is 8.20. The first kappa shape index (κ1) is 18.9. The summed E-state index contributed by atoms with van der Waals surface area (Å²) in [5.74, 6) is 2.74. The van der Waals surface area contributed by atoms with Gasteiger partial charge in [-0.05, 0) is 50.0 Å². The number of carbonyl (C=O) groups is 1. The topological polar surface area (TPSA) is 65.8 Å². The van der Waals surface area contributed by atoms with Gasteiger partial charge in [0.15, 0.2) is 5.66 Å². The Labute approximate surface area is 160 Å². The summed E-state index contributed by atoms with van der Waals surface area (Å²) >= 11 is 6.12. The van der Waals surface area contributed by atoms with Crippen LogP contribution in [0, 0.1) is 17.8 Å². The normalized spacial score (nSPS) is 19.5. The lowest BCUT2D eigenvalue weighted by atomic mass is 9.73. The molecule has 0 radical (unpaired) electrons. The molecule has 2 heterocycles. The van der Waals surface area contributed by atoms with E-state index in [4.69, 9.17) is 18.0 Å². The number of piperidine rings is 1. The number of nitrogens with zero attached hydrogens (tertiary/aromatic N) is 2. The summed E-state index contributed by atoms with van der Waals surface area (Å²) in [5, 5.41) is 15.4. The number of nitrogens with one attached hydrogen (secondary N) is 2. The number of hydrogen-bond acceptors (Lipinski definition) is 4. The van der Waals surface area contributed by atoms with Crippen molar-refractivity contribution in [3.05, 3.63) is 34.9 Å². The number of rotatable bonds is 8. The second-order valence-corrected chi connectivity index (χ2v) is 7.67. The Kier molecular flexibility index (Phi) is 5.95. The maximum atomic E-state index is 13.1. The van der Waals surface area contributed by atoms with Crippen LogP contribution in [-0.4, -0.2) is 31.2 Å². The molecule has 1 aromatic rings. The summed E-state index contributed by atoms with van der Waals surface area (Å²) in [6.07, 6.45) is 9.80.